The lowest BCUT2D eigenvalue weighted by molar-refractivity contribution is 0.104. The van der Waals surface area contributed by atoms with E-state index in [-0.39, 0.29) is 16.6 Å². The van der Waals surface area contributed by atoms with Crippen LogP contribution < -0.4 is 0 Å². The van der Waals surface area contributed by atoms with Gasteiger partial charge in [0, 0.05) is 16.7 Å². The van der Waals surface area contributed by atoms with E-state index >= 15 is 0 Å². The third kappa shape index (κ3) is 4.63. The standard InChI is InChI=1S/C24H30O2/c1-16-8-11-18(12-9-16)21(25)13-10-17-14-19(23(2,3)4)22(26)20(15-17)24(5,6)7/h8-15,26H,1-7H3/b13-10+. The summed E-state index contributed by atoms with van der Waals surface area (Å²) in [5.41, 5.74) is 4.16. The van der Waals surface area contributed by atoms with Gasteiger partial charge in [0.25, 0.3) is 0 Å². The largest absolute Gasteiger partial charge is 0.507 e. The molecule has 138 valence electrons. The van der Waals surface area contributed by atoms with Crippen molar-refractivity contribution in [2.75, 3.05) is 0 Å². The minimum Gasteiger partial charge on any atom is -0.507 e. The quantitative estimate of drug-likeness (QED) is 0.529. The number of allylic oxidation sites excluding steroid dienone is 1. The Morgan fingerprint density at radius 3 is 1.77 bits per heavy atom. The van der Waals surface area contributed by atoms with Gasteiger partial charge in [0.15, 0.2) is 5.78 Å². The van der Waals surface area contributed by atoms with Crippen molar-refractivity contribution in [3.05, 3.63) is 70.3 Å². The number of aromatic hydroxyl groups is 1. The SMILES string of the molecule is Cc1ccc(C(=O)/C=C/c2cc(C(C)(C)C)c(O)c(C(C)(C)C)c2)cc1. The number of carbonyl (C=O) groups excluding carboxylic acids is 1. The van der Waals surface area contributed by atoms with Crippen molar-refractivity contribution < 1.29 is 9.90 Å². The van der Waals surface area contributed by atoms with E-state index in [9.17, 15) is 9.90 Å². The summed E-state index contributed by atoms with van der Waals surface area (Å²) in [6.45, 7) is 14.5. The van der Waals surface area contributed by atoms with Crippen LogP contribution in [0.15, 0.2) is 42.5 Å². The van der Waals surface area contributed by atoms with E-state index in [1.54, 1.807) is 6.08 Å². The van der Waals surface area contributed by atoms with Crippen LogP contribution in [0.4, 0.5) is 0 Å². The Morgan fingerprint density at radius 2 is 1.35 bits per heavy atom. The molecule has 0 saturated heterocycles. The molecule has 0 amide bonds. The second-order valence-corrected chi connectivity index (χ2v) is 9.03. The molecule has 2 aromatic carbocycles. The molecule has 1 N–H and O–H groups in total. The minimum atomic E-state index is -0.186. The van der Waals surface area contributed by atoms with E-state index in [1.165, 1.54) is 0 Å². The first-order valence-electron chi connectivity index (χ1n) is 9.06. The van der Waals surface area contributed by atoms with Gasteiger partial charge in [-0.25, -0.2) is 0 Å². The molecule has 0 spiro atoms. The van der Waals surface area contributed by atoms with Gasteiger partial charge < -0.3 is 5.11 Å². The Morgan fingerprint density at radius 1 is 0.885 bits per heavy atom. The average Bonchev–Trinajstić information content (AvgIpc) is 2.52. The molecule has 0 aliphatic carbocycles. The van der Waals surface area contributed by atoms with Crippen molar-refractivity contribution in [3.63, 3.8) is 0 Å². The van der Waals surface area contributed by atoms with Gasteiger partial charge >= 0.3 is 0 Å². The van der Waals surface area contributed by atoms with Crippen LogP contribution in [0.5, 0.6) is 5.75 Å². The second-order valence-electron chi connectivity index (χ2n) is 9.03. The summed E-state index contributed by atoms with van der Waals surface area (Å²) in [6, 6.07) is 11.5. The fourth-order valence-corrected chi connectivity index (χ4v) is 2.88. The van der Waals surface area contributed by atoms with Crippen LogP contribution >= 0.6 is 0 Å². The third-order valence-corrected chi connectivity index (χ3v) is 4.51. The summed E-state index contributed by atoms with van der Waals surface area (Å²) < 4.78 is 0. The molecule has 0 aliphatic heterocycles. The number of phenolic OH excluding ortho intramolecular Hbond substituents is 1. The van der Waals surface area contributed by atoms with Gasteiger partial charge in [0.05, 0.1) is 0 Å². The molecule has 2 rings (SSSR count). The van der Waals surface area contributed by atoms with Gasteiger partial charge in [-0.2, -0.15) is 0 Å². The highest BCUT2D eigenvalue weighted by atomic mass is 16.3. The molecule has 26 heavy (non-hydrogen) atoms. The van der Waals surface area contributed by atoms with E-state index in [2.05, 4.69) is 41.5 Å². The molecular formula is C24H30O2. The monoisotopic (exact) mass is 350 g/mol. The van der Waals surface area contributed by atoms with Crippen LogP contribution in [-0.4, -0.2) is 10.9 Å². The normalized spacial score (nSPS) is 12.6. The molecule has 0 aromatic heterocycles. The maximum absolute atomic E-state index is 12.4. The lowest BCUT2D eigenvalue weighted by atomic mass is 9.78. The molecular weight excluding hydrogens is 320 g/mol. The molecule has 0 heterocycles. The van der Waals surface area contributed by atoms with Gasteiger partial charge in [-0.1, -0.05) is 77.4 Å². The number of phenols is 1. The van der Waals surface area contributed by atoms with Crippen molar-refractivity contribution in [2.24, 2.45) is 0 Å². The zero-order valence-electron chi connectivity index (χ0n) is 17.0. The third-order valence-electron chi connectivity index (χ3n) is 4.51. The fourth-order valence-electron chi connectivity index (χ4n) is 2.88. The second kappa shape index (κ2) is 7.11. The Kier molecular flexibility index (Phi) is 5.46. The molecule has 0 fully saturated rings. The first kappa shape index (κ1) is 20.0. The summed E-state index contributed by atoms with van der Waals surface area (Å²) in [7, 11) is 0. The van der Waals surface area contributed by atoms with Crippen LogP contribution in [-0.2, 0) is 10.8 Å². The fraction of sp³-hybridized carbons (Fsp3) is 0.375. The van der Waals surface area contributed by atoms with Crippen molar-refractivity contribution in [1.82, 2.24) is 0 Å². The molecule has 0 aliphatic rings. The summed E-state index contributed by atoms with van der Waals surface area (Å²) in [6.07, 6.45) is 3.45. The highest BCUT2D eigenvalue weighted by Gasteiger charge is 2.26. The van der Waals surface area contributed by atoms with Gasteiger partial charge in [-0.3, -0.25) is 4.79 Å². The lowest BCUT2D eigenvalue weighted by Gasteiger charge is -2.27. The molecule has 0 bridgehead atoms. The predicted octanol–water partition coefficient (Wildman–Crippen LogP) is 6.19. The Hall–Kier alpha value is -2.35. The summed E-state index contributed by atoms with van der Waals surface area (Å²) in [5.74, 6) is 0.333. The van der Waals surface area contributed by atoms with E-state index in [1.807, 2.05) is 49.4 Å². The van der Waals surface area contributed by atoms with Crippen LogP contribution in [0, 0.1) is 6.92 Å². The van der Waals surface area contributed by atoms with E-state index in [0.29, 0.717) is 11.3 Å². The topological polar surface area (TPSA) is 37.3 Å². The van der Waals surface area contributed by atoms with Crippen LogP contribution in [0.25, 0.3) is 6.08 Å². The number of ketones is 1. The van der Waals surface area contributed by atoms with Gasteiger partial charge in [0.1, 0.15) is 5.75 Å². The van der Waals surface area contributed by atoms with Crippen molar-refractivity contribution >= 4 is 11.9 Å². The number of rotatable bonds is 3. The van der Waals surface area contributed by atoms with Crippen molar-refractivity contribution in [2.45, 2.75) is 59.3 Å². The first-order chi connectivity index (χ1) is 11.9. The highest BCUT2D eigenvalue weighted by Crippen LogP contribution is 2.40. The van der Waals surface area contributed by atoms with Gasteiger partial charge in [-0.05, 0) is 41.5 Å². The zero-order valence-corrected chi connectivity index (χ0v) is 17.0. The molecule has 2 heteroatoms. The molecule has 2 nitrogen and oxygen atoms in total. The number of hydrogen-bond acceptors (Lipinski definition) is 2. The zero-order chi connectivity index (χ0) is 19.7. The number of carbonyl (C=O) groups is 1. The minimum absolute atomic E-state index is 0.0207. The summed E-state index contributed by atoms with van der Waals surface area (Å²) in [4.78, 5) is 12.4. The Bertz CT molecular complexity index is 791. The Balaban J connectivity index is 2.45. The lowest BCUT2D eigenvalue weighted by Crippen LogP contribution is -2.17. The number of benzene rings is 2. The van der Waals surface area contributed by atoms with Crippen LogP contribution in [0.2, 0.25) is 0 Å². The molecule has 2 aromatic rings. The molecule has 0 radical (unpaired) electrons. The summed E-state index contributed by atoms with van der Waals surface area (Å²) in [5, 5.41) is 10.8. The first-order valence-corrected chi connectivity index (χ1v) is 9.06. The maximum atomic E-state index is 12.4. The van der Waals surface area contributed by atoms with Gasteiger partial charge in [0.2, 0.25) is 0 Å². The van der Waals surface area contributed by atoms with Crippen LogP contribution in [0.3, 0.4) is 0 Å². The predicted molar refractivity (Wildman–Crippen MR) is 110 cm³/mol. The molecule has 0 unspecified atom stereocenters. The number of aryl methyl sites for hydroxylation is 1. The molecule has 0 atom stereocenters. The number of hydrogen-bond donors (Lipinski definition) is 1. The van der Waals surface area contributed by atoms with Crippen LogP contribution in [0.1, 0.15) is 74.2 Å². The average molecular weight is 351 g/mol. The highest BCUT2D eigenvalue weighted by molar-refractivity contribution is 6.06. The Labute approximate surface area is 157 Å². The molecule has 0 saturated carbocycles. The van der Waals surface area contributed by atoms with Crippen molar-refractivity contribution in [1.29, 1.82) is 0 Å². The smallest absolute Gasteiger partial charge is 0.185 e. The van der Waals surface area contributed by atoms with Gasteiger partial charge in [-0.15, -0.1) is 0 Å². The summed E-state index contributed by atoms with van der Waals surface area (Å²) >= 11 is 0. The van der Waals surface area contributed by atoms with Crippen molar-refractivity contribution in [3.8, 4) is 5.75 Å². The van der Waals surface area contributed by atoms with E-state index in [0.717, 1.165) is 22.3 Å². The maximum Gasteiger partial charge on any atom is 0.185 e. The van der Waals surface area contributed by atoms with E-state index < -0.39 is 0 Å². The van der Waals surface area contributed by atoms with E-state index in [4.69, 9.17) is 0 Å².